The lowest BCUT2D eigenvalue weighted by atomic mass is 10.1. The molecular formula is C24H28ClN5O. The molecule has 4 rings (SSSR count). The normalized spacial score (nSPS) is 14.8. The zero-order valence-electron chi connectivity index (χ0n) is 18.2. The van der Waals surface area contributed by atoms with E-state index in [0.29, 0.717) is 5.56 Å². The van der Waals surface area contributed by atoms with Crippen molar-refractivity contribution in [2.75, 3.05) is 38.1 Å². The quantitative estimate of drug-likeness (QED) is 0.625. The van der Waals surface area contributed by atoms with Crippen molar-refractivity contribution < 1.29 is 4.79 Å². The topological polar surface area (TPSA) is 64.3 Å². The molecule has 1 aliphatic heterocycles. The maximum atomic E-state index is 12.3. The van der Waals surface area contributed by atoms with E-state index in [-0.39, 0.29) is 11.9 Å². The maximum absolute atomic E-state index is 12.3. The summed E-state index contributed by atoms with van der Waals surface area (Å²) in [7, 11) is 2.14. The lowest BCUT2D eigenvalue weighted by Crippen LogP contribution is -2.44. The Morgan fingerprint density at radius 2 is 1.84 bits per heavy atom. The Balaban J connectivity index is 1.54. The predicted molar refractivity (Wildman–Crippen MR) is 127 cm³/mol. The Hall–Kier alpha value is -2.83. The van der Waals surface area contributed by atoms with Gasteiger partial charge in [-0.15, -0.1) is 0 Å². The molecule has 0 atom stereocenters. The molecule has 0 aliphatic carbocycles. The summed E-state index contributed by atoms with van der Waals surface area (Å²) in [5.41, 5.74) is 5.24. The number of anilines is 1. The maximum Gasteiger partial charge on any atom is 0.251 e. The average Bonchev–Trinajstić information content (AvgIpc) is 3.24. The highest BCUT2D eigenvalue weighted by atomic mass is 35.5. The number of rotatable bonds is 5. The SMILES string of the molecule is CC(C)NC(=O)c1cccc(-c2cc(-c3ccc(N4CCN(C)CC4)c(Cl)c3)[nH]n2)c1. The first kappa shape index (κ1) is 21.4. The molecule has 162 valence electrons. The molecule has 0 saturated carbocycles. The molecular weight excluding hydrogens is 410 g/mol. The van der Waals surface area contributed by atoms with E-state index in [0.717, 1.165) is 59.4 Å². The van der Waals surface area contributed by atoms with Gasteiger partial charge >= 0.3 is 0 Å². The molecule has 0 unspecified atom stereocenters. The fourth-order valence-corrected chi connectivity index (χ4v) is 4.06. The molecule has 1 aliphatic rings. The number of likely N-dealkylation sites (N-methyl/N-ethyl adjacent to an activating group) is 1. The number of halogens is 1. The third-order valence-corrected chi connectivity index (χ3v) is 5.82. The van der Waals surface area contributed by atoms with Crippen molar-refractivity contribution in [1.29, 1.82) is 0 Å². The van der Waals surface area contributed by atoms with Crippen LogP contribution in [0.1, 0.15) is 24.2 Å². The van der Waals surface area contributed by atoms with Gasteiger partial charge in [-0.3, -0.25) is 9.89 Å². The second-order valence-electron chi connectivity index (χ2n) is 8.33. The predicted octanol–water partition coefficient (Wildman–Crippen LogP) is 4.29. The number of nitrogens with one attached hydrogen (secondary N) is 2. The lowest BCUT2D eigenvalue weighted by molar-refractivity contribution is 0.0943. The number of benzene rings is 2. The van der Waals surface area contributed by atoms with E-state index in [2.05, 4.69) is 44.5 Å². The van der Waals surface area contributed by atoms with Gasteiger partial charge in [0.05, 0.1) is 22.1 Å². The monoisotopic (exact) mass is 437 g/mol. The second kappa shape index (κ2) is 9.12. The number of piperazine rings is 1. The Kier molecular flexibility index (Phi) is 6.30. The van der Waals surface area contributed by atoms with Gasteiger partial charge in [-0.05, 0) is 51.2 Å². The summed E-state index contributed by atoms with van der Waals surface area (Å²) in [6.45, 7) is 7.92. The fraction of sp³-hybridized carbons (Fsp3) is 0.333. The van der Waals surface area contributed by atoms with Crippen LogP contribution in [-0.2, 0) is 0 Å². The number of aromatic nitrogens is 2. The highest BCUT2D eigenvalue weighted by Crippen LogP contribution is 2.32. The molecule has 1 fully saturated rings. The van der Waals surface area contributed by atoms with Crippen molar-refractivity contribution in [1.82, 2.24) is 20.4 Å². The van der Waals surface area contributed by atoms with Gasteiger partial charge in [0.15, 0.2) is 0 Å². The van der Waals surface area contributed by atoms with Gasteiger partial charge < -0.3 is 15.1 Å². The largest absolute Gasteiger partial charge is 0.368 e. The van der Waals surface area contributed by atoms with Gasteiger partial charge in [0.2, 0.25) is 0 Å². The van der Waals surface area contributed by atoms with E-state index in [9.17, 15) is 4.79 Å². The Labute approximate surface area is 188 Å². The molecule has 3 aromatic rings. The highest BCUT2D eigenvalue weighted by Gasteiger charge is 2.17. The summed E-state index contributed by atoms with van der Waals surface area (Å²) < 4.78 is 0. The van der Waals surface area contributed by atoms with Crippen LogP contribution in [-0.4, -0.2) is 60.3 Å². The van der Waals surface area contributed by atoms with E-state index in [1.165, 1.54) is 0 Å². The number of amides is 1. The Bertz CT molecular complexity index is 1070. The van der Waals surface area contributed by atoms with Crippen molar-refractivity contribution in [3.8, 4) is 22.5 Å². The Morgan fingerprint density at radius 3 is 2.55 bits per heavy atom. The minimum absolute atomic E-state index is 0.0844. The number of carbonyl (C=O) groups excluding carboxylic acids is 1. The molecule has 1 amide bonds. The minimum atomic E-state index is -0.0844. The van der Waals surface area contributed by atoms with Crippen LogP contribution in [0.5, 0.6) is 0 Å². The van der Waals surface area contributed by atoms with Crippen LogP contribution in [0.2, 0.25) is 5.02 Å². The van der Waals surface area contributed by atoms with Gasteiger partial charge in [-0.1, -0.05) is 29.8 Å². The first-order valence-corrected chi connectivity index (χ1v) is 11.0. The van der Waals surface area contributed by atoms with E-state index in [1.807, 2.05) is 50.2 Å². The Morgan fingerprint density at radius 1 is 1.06 bits per heavy atom. The molecule has 1 aromatic heterocycles. The first-order valence-electron chi connectivity index (χ1n) is 10.6. The molecule has 31 heavy (non-hydrogen) atoms. The molecule has 2 heterocycles. The number of hydrogen-bond donors (Lipinski definition) is 2. The number of H-pyrrole nitrogens is 1. The molecule has 7 heteroatoms. The van der Waals surface area contributed by atoms with E-state index in [4.69, 9.17) is 11.6 Å². The van der Waals surface area contributed by atoms with Crippen LogP contribution in [0.3, 0.4) is 0 Å². The zero-order valence-corrected chi connectivity index (χ0v) is 18.9. The zero-order chi connectivity index (χ0) is 22.0. The molecule has 2 N–H and O–H groups in total. The molecule has 1 saturated heterocycles. The molecule has 2 aromatic carbocycles. The van der Waals surface area contributed by atoms with Crippen molar-refractivity contribution in [2.45, 2.75) is 19.9 Å². The number of hydrogen-bond acceptors (Lipinski definition) is 4. The van der Waals surface area contributed by atoms with Crippen LogP contribution in [0.25, 0.3) is 22.5 Å². The first-order chi connectivity index (χ1) is 14.9. The van der Waals surface area contributed by atoms with E-state index < -0.39 is 0 Å². The van der Waals surface area contributed by atoms with Gasteiger partial charge in [-0.2, -0.15) is 5.10 Å². The smallest absolute Gasteiger partial charge is 0.251 e. The van der Waals surface area contributed by atoms with Crippen LogP contribution in [0, 0.1) is 0 Å². The average molecular weight is 438 g/mol. The van der Waals surface area contributed by atoms with E-state index in [1.54, 1.807) is 0 Å². The summed E-state index contributed by atoms with van der Waals surface area (Å²) in [4.78, 5) is 17.0. The van der Waals surface area contributed by atoms with Gasteiger partial charge in [0, 0.05) is 48.9 Å². The lowest BCUT2D eigenvalue weighted by Gasteiger charge is -2.34. The summed E-state index contributed by atoms with van der Waals surface area (Å²) in [6, 6.07) is 15.7. The van der Waals surface area contributed by atoms with E-state index >= 15 is 0 Å². The van der Waals surface area contributed by atoms with Crippen molar-refractivity contribution >= 4 is 23.2 Å². The second-order valence-corrected chi connectivity index (χ2v) is 8.74. The standard InChI is InChI=1S/C24H28ClN5O/c1-16(2)26-24(31)19-6-4-5-17(13-19)21-15-22(28-27-21)18-7-8-23(20(25)14-18)30-11-9-29(3)10-12-30/h4-8,13-16H,9-12H2,1-3H3,(H,26,31)(H,27,28). The minimum Gasteiger partial charge on any atom is -0.368 e. The van der Waals surface area contributed by atoms with Crippen molar-refractivity contribution in [3.05, 3.63) is 59.1 Å². The fourth-order valence-electron chi connectivity index (χ4n) is 3.76. The molecule has 0 spiro atoms. The highest BCUT2D eigenvalue weighted by molar-refractivity contribution is 6.33. The molecule has 6 nitrogen and oxygen atoms in total. The van der Waals surface area contributed by atoms with Crippen LogP contribution >= 0.6 is 11.6 Å². The van der Waals surface area contributed by atoms with Gasteiger partial charge in [-0.25, -0.2) is 0 Å². The van der Waals surface area contributed by atoms with Crippen molar-refractivity contribution in [2.24, 2.45) is 0 Å². The summed E-state index contributed by atoms with van der Waals surface area (Å²) in [6.07, 6.45) is 0. The number of nitrogens with zero attached hydrogens (tertiary/aromatic N) is 3. The summed E-state index contributed by atoms with van der Waals surface area (Å²) in [5, 5.41) is 11.2. The van der Waals surface area contributed by atoms with Crippen LogP contribution < -0.4 is 10.2 Å². The van der Waals surface area contributed by atoms with Crippen LogP contribution in [0.4, 0.5) is 5.69 Å². The molecule has 0 bridgehead atoms. The third-order valence-electron chi connectivity index (χ3n) is 5.52. The summed E-state index contributed by atoms with van der Waals surface area (Å²) >= 11 is 6.64. The molecule has 0 radical (unpaired) electrons. The van der Waals surface area contributed by atoms with Gasteiger partial charge in [0.25, 0.3) is 5.91 Å². The van der Waals surface area contributed by atoms with Gasteiger partial charge in [0.1, 0.15) is 0 Å². The third kappa shape index (κ3) is 4.92. The number of carbonyl (C=O) groups is 1. The van der Waals surface area contributed by atoms with Crippen molar-refractivity contribution in [3.63, 3.8) is 0 Å². The summed E-state index contributed by atoms with van der Waals surface area (Å²) in [5.74, 6) is -0.0844. The van der Waals surface area contributed by atoms with Crippen LogP contribution in [0.15, 0.2) is 48.5 Å². The number of aromatic amines is 1.